The summed E-state index contributed by atoms with van der Waals surface area (Å²) in [7, 11) is 0. The second kappa shape index (κ2) is 9.14. The summed E-state index contributed by atoms with van der Waals surface area (Å²) in [5.41, 5.74) is 2.48. The molecule has 4 nitrogen and oxygen atoms in total. The van der Waals surface area contributed by atoms with Crippen LogP contribution < -0.4 is 10.1 Å². The molecule has 1 heterocycles. The van der Waals surface area contributed by atoms with Gasteiger partial charge in [-0.3, -0.25) is 4.79 Å². The molecular weight excluding hydrogens is 367 g/mol. The summed E-state index contributed by atoms with van der Waals surface area (Å²) in [4.78, 5) is 16.2. The standard InChI is InChI=1S/C21H18ClFN2O2/c22-18-6-4-15(5-7-18)14-27-21-12-17(8-9-24-21)13-25-20(26)11-16-2-1-3-19(23)10-16/h1-10,12H,11,13-14H2,(H,25,26). The van der Waals surface area contributed by atoms with Gasteiger partial charge >= 0.3 is 0 Å². The molecule has 27 heavy (non-hydrogen) atoms. The van der Waals surface area contributed by atoms with Crippen molar-refractivity contribution in [1.82, 2.24) is 10.3 Å². The Hall–Kier alpha value is -2.92. The van der Waals surface area contributed by atoms with Crippen molar-refractivity contribution in [3.8, 4) is 5.88 Å². The van der Waals surface area contributed by atoms with Crippen molar-refractivity contribution in [3.63, 3.8) is 0 Å². The number of nitrogens with zero attached hydrogens (tertiary/aromatic N) is 1. The van der Waals surface area contributed by atoms with Crippen molar-refractivity contribution < 1.29 is 13.9 Å². The van der Waals surface area contributed by atoms with E-state index in [1.165, 1.54) is 12.1 Å². The van der Waals surface area contributed by atoms with Crippen LogP contribution in [0.5, 0.6) is 5.88 Å². The maximum Gasteiger partial charge on any atom is 0.224 e. The Bertz CT molecular complexity index is 916. The average Bonchev–Trinajstić information content (AvgIpc) is 2.66. The number of benzene rings is 2. The van der Waals surface area contributed by atoms with Crippen LogP contribution in [-0.2, 0) is 24.4 Å². The second-order valence-electron chi connectivity index (χ2n) is 6.00. The van der Waals surface area contributed by atoms with Crippen LogP contribution in [0.3, 0.4) is 0 Å². The molecule has 0 bridgehead atoms. The molecule has 0 unspecified atom stereocenters. The number of halogens is 2. The molecule has 0 fully saturated rings. The summed E-state index contributed by atoms with van der Waals surface area (Å²) in [6.07, 6.45) is 1.76. The van der Waals surface area contributed by atoms with E-state index >= 15 is 0 Å². The molecule has 0 spiro atoms. The molecule has 0 saturated carbocycles. The molecule has 0 atom stereocenters. The van der Waals surface area contributed by atoms with Gasteiger partial charge in [0, 0.05) is 23.8 Å². The SMILES string of the molecule is O=C(Cc1cccc(F)c1)NCc1ccnc(OCc2ccc(Cl)cc2)c1. The molecule has 0 aliphatic heterocycles. The number of hydrogen-bond acceptors (Lipinski definition) is 3. The first-order valence-electron chi connectivity index (χ1n) is 8.42. The van der Waals surface area contributed by atoms with E-state index in [-0.39, 0.29) is 18.1 Å². The molecule has 0 aliphatic carbocycles. The van der Waals surface area contributed by atoms with Gasteiger partial charge in [0.05, 0.1) is 6.42 Å². The molecular formula is C21H18ClFN2O2. The van der Waals surface area contributed by atoms with Gasteiger partial charge < -0.3 is 10.1 Å². The summed E-state index contributed by atoms with van der Waals surface area (Å²) in [6.45, 7) is 0.716. The van der Waals surface area contributed by atoms with Crippen molar-refractivity contribution in [2.45, 2.75) is 19.6 Å². The molecule has 3 aromatic rings. The van der Waals surface area contributed by atoms with Crippen LogP contribution in [0.2, 0.25) is 5.02 Å². The summed E-state index contributed by atoms with van der Waals surface area (Å²) in [5, 5.41) is 3.49. The molecule has 138 valence electrons. The molecule has 0 aliphatic rings. The van der Waals surface area contributed by atoms with Crippen molar-refractivity contribution in [1.29, 1.82) is 0 Å². The summed E-state index contributed by atoms with van der Waals surface area (Å²) in [5.74, 6) is -0.0558. The fourth-order valence-electron chi connectivity index (χ4n) is 2.47. The van der Waals surface area contributed by atoms with Gasteiger partial charge in [-0.25, -0.2) is 9.37 Å². The smallest absolute Gasteiger partial charge is 0.224 e. The lowest BCUT2D eigenvalue weighted by Gasteiger charge is -2.09. The number of rotatable bonds is 7. The zero-order valence-electron chi connectivity index (χ0n) is 14.5. The van der Waals surface area contributed by atoms with Gasteiger partial charge in [-0.05, 0) is 47.0 Å². The van der Waals surface area contributed by atoms with Crippen molar-refractivity contribution in [2.24, 2.45) is 0 Å². The Kier molecular flexibility index (Phi) is 6.39. The number of pyridine rings is 1. The van der Waals surface area contributed by atoms with Crippen molar-refractivity contribution in [2.75, 3.05) is 0 Å². The van der Waals surface area contributed by atoms with E-state index in [1.54, 1.807) is 42.6 Å². The minimum atomic E-state index is -0.350. The first-order valence-corrected chi connectivity index (χ1v) is 8.79. The van der Waals surface area contributed by atoms with E-state index in [2.05, 4.69) is 10.3 Å². The van der Waals surface area contributed by atoms with E-state index < -0.39 is 0 Å². The maximum atomic E-state index is 13.2. The van der Waals surface area contributed by atoms with Gasteiger partial charge in [0.1, 0.15) is 12.4 Å². The van der Waals surface area contributed by atoms with Crippen molar-refractivity contribution in [3.05, 3.63) is 94.4 Å². The number of carbonyl (C=O) groups excluding carboxylic acids is 1. The second-order valence-corrected chi connectivity index (χ2v) is 6.44. The number of amides is 1. The van der Waals surface area contributed by atoms with Crippen LogP contribution in [-0.4, -0.2) is 10.9 Å². The fourth-order valence-corrected chi connectivity index (χ4v) is 2.60. The third-order valence-electron chi connectivity index (χ3n) is 3.84. The largest absolute Gasteiger partial charge is 0.473 e. The van der Waals surface area contributed by atoms with Gasteiger partial charge in [0.15, 0.2) is 0 Å². The molecule has 1 amide bonds. The molecule has 3 rings (SSSR count). The topological polar surface area (TPSA) is 51.2 Å². The number of carbonyl (C=O) groups is 1. The fraction of sp³-hybridized carbons (Fsp3) is 0.143. The predicted molar refractivity (Wildman–Crippen MR) is 102 cm³/mol. The third-order valence-corrected chi connectivity index (χ3v) is 4.09. The van der Waals surface area contributed by atoms with Gasteiger partial charge in [-0.1, -0.05) is 35.9 Å². The number of nitrogens with one attached hydrogen (secondary N) is 1. The van der Waals surface area contributed by atoms with Crippen LogP contribution in [0.25, 0.3) is 0 Å². The zero-order chi connectivity index (χ0) is 19.1. The van der Waals surface area contributed by atoms with Crippen LogP contribution in [0, 0.1) is 5.82 Å². The molecule has 0 radical (unpaired) electrons. The highest BCUT2D eigenvalue weighted by Gasteiger charge is 2.05. The Morgan fingerprint density at radius 1 is 1.04 bits per heavy atom. The van der Waals surface area contributed by atoms with Gasteiger partial charge in [0.2, 0.25) is 11.8 Å². The lowest BCUT2D eigenvalue weighted by Crippen LogP contribution is -2.24. The van der Waals surface area contributed by atoms with E-state index in [0.29, 0.717) is 29.6 Å². The van der Waals surface area contributed by atoms with Crippen LogP contribution in [0.1, 0.15) is 16.7 Å². The first-order chi connectivity index (χ1) is 13.1. The Morgan fingerprint density at radius 2 is 1.85 bits per heavy atom. The normalized spacial score (nSPS) is 10.4. The molecule has 0 saturated heterocycles. The average molecular weight is 385 g/mol. The minimum Gasteiger partial charge on any atom is -0.473 e. The lowest BCUT2D eigenvalue weighted by atomic mass is 10.1. The Labute approximate surface area is 162 Å². The molecule has 2 aromatic carbocycles. The zero-order valence-corrected chi connectivity index (χ0v) is 15.2. The van der Waals surface area contributed by atoms with E-state index in [1.807, 2.05) is 12.1 Å². The highest BCUT2D eigenvalue weighted by molar-refractivity contribution is 6.30. The minimum absolute atomic E-state index is 0.128. The van der Waals surface area contributed by atoms with Crippen LogP contribution >= 0.6 is 11.6 Å². The predicted octanol–water partition coefficient (Wildman–Crippen LogP) is 4.31. The third kappa shape index (κ3) is 6.08. The van der Waals surface area contributed by atoms with Gasteiger partial charge in [0.25, 0.3) is 0 Å². The Morgan fingerprint density at radius 3 is 2.63 bits per heavy atom. The van der Waals surface area contributed by atoms with Crippen LogP contribution in [0.4, 0.5) is 4.39 Å². The summed E-state index contributed by atoms with van der Waals surface area (Å²) >= 11 is 5.86. The molecule has 1 aromatic heterocycles. The molecule has 6 heteroatoms. The van der Waals surface area contributed by atoms with E-state index in [0.717, 1.165) is 11.1 Å². The first kappa shape index (κ1) is 18.9. The van der Waals surface area contributed by atoms with Gasteiger partial charge in [-0.2, -0.15) is 0 Å². The molecule has 1 N–H and O–H groups in total. The summed E-state index contributed by atoms with van der Waals surface area (Å²) < 4.78 is 18.8. The van der Waals surface area contributed by atoms with Crippen LogP contribution in [0.15, 0.2) is 66.9 Å². The maximum absolute atomic E-state index is 13.2. The number of aromatic nitrogens is 1. The van der Waals surface area contributed by atoms with Gasteiger partial charge in [-0.15, -0.1) is 0 Å². The quantitative estimate of drug-likeness (QED) is 0.660. The Balaban J connectivity index is 1.51. The lowest BCUT2D eigenvalue weighted by molar-refractivity contribution is -0.120. The number of hydrogen-bond donors (Lipinski definition) is 1. The summed E-state index contributed by atoms with van der Waals surface area (Å²) in [6, 6.07) is 17.0. The van der Waals surface area contributed by atoms with E-state index in [9.17, 15) is 9.18 Å². The highest BCUT2D eigenvalue weighted by atomic mass is 35.5. The van der Waals surface area contributed by atoms with E-state index in [4.69, 9.17) is 16.3 Å². The monoisotopic (exact) mass is 384 g/mol. The number of ether oxygens (including phenoxy) is 1. The highest BCUT2D eigenvalue weighted by Crippen LogP contribution is 2.14. The van der Waals surface area contributed by atoms with Crippen molar-refractivity contribution >= 4 is 17.5 Å².